The normalized spacial score (nSPS) is 17.3. The van der Waals surface area contributed by atoms with Gasteiger partial charge in [-0.25, -0.2) is 9.99 Å². The van der Waals surface area contributed by atoms with Gasteiger partial charge in [0.25, 0.3) is 0 Å². The van der Waals surface area contributed by atoms with Crippen molar-refractivity contribution in [1.82, 2.24) is 15.0 Å². The number of hydrazone groups is 1. The summed E-state index contributed by atoms with van der Waals surface area (Å²) in [6, 6.07) is 6.66. The lowest BCUT2D eigenvalue weighted by atomic mass is 10.0. The molecule has 1 aliphatic rings. The first kappa shape index (κ1) is 19.6. The summed E-state index contributed by atoms with van der Waals surface area (Å²) in [6.45, 7) is 1.76. The number of hydrogen-bond donors (Lipinski definition) is 2. The minimum absolute atomic E-state index is 0.183. The molecular weight excluding hydrogens is 360 g/mol. The number of amides is 1. The number of rotatable bonds is 7. The number of H-pyrrole nitrogens is 1. The second kappa shape index (κ2) is 8.22. The summed E-state index contributed by atoms with van der Waals surface area (Å²) < 4.78 is 0. The summed E-state index contributed by atoms with van der Waals surface area (Å²) in [4.78, 5) is 32.4. The van der Waals surface area contributed by atoms with E-state index in [4.69, 9.17) is 0 Å². The lowest BCUT2D eigenvalue weighted by molar-refractivity contribution is -0.699. The molecule has 9 heteroatoms. The summed E-state index contributed by atoms with van der Waals surface area (Å²) in [5, 5.41) is 19.2. The quantitative estimate of drug-likeness (QED) is 0.592. The molecule has 1 aromatic carbocycles. The first-order valence-electron chi connectivity index (χ1n) is 9.02. The summed E-state index contributed by atoms with van der Waals surface area (Å²) in [6.07, 6.45) is 3.34. The molecule has 9 nitrogen and oxygen atoms in total. The number of benzene rings is 1. The Kier molecular flexibility index (Phi) is 5.74. The van der Waals surface area contributed by atoms with E-state index in [1.54, 1.807) is 11.5 Å². The number of carboxylic acids is 1. The van der Waals surface area contributed by atoms with Crippen LogP contribution in [0.2, 0.25) is 0 Å². The number of hydrogen-bond acceptors (Lipinski definition) is 6. The first-order chi connectivity index (χ1) is 13.3. The zero-order chi connectivity index (χ0) is 20.3. The molecule has 2 atom stereocenters. The van der Waals surface area contributed by atoms with Crippen molar-refractivity contribution in [1.29, 1.82) is 0 Å². The van der Waals surface area contributed by atoms with Gasteiger partial charge in [0.15, 0.2) is 6.04 Å². The van der Waals surface area contributed by atoms with Crippen LogP contribution in [0.25, 0.3) is 0 Å². The molecule has 0 radical (unpaired) electrons. The fourth-order valence-corrected chi connectivity index (χ4v) is 3.21. The van der Waals surface area contributed by atoms with Crippen molar-refractivity contribution in [3.05, 3.63) is 48.0 Å². The van der Waals surface area contributed by atoms with E-state index in [-0.39, 0.29) is 18.4 Å². The predicted octanol–water partition coefficient (Wildman–Crippen LogP) is -1.66. The van der Waals surface area contributed by atoms with Crippen molar-refractivity contribution in [3.8, 4) is 0 Å². The number of carbonyl (C=O) groups excluding carboxylic acids is 2. The highest BCUT2D eigenvalue weighted by Gasteiger charge is 2.35. The zero-order valence-electron chi connectivity index (χ0n) is 16.1. The van der Waals surface area contributed by atoms with Gasteiger partial charge in [0, 0.05) is 50.6 Å². The molecule has 0 saturated carbocycles. The highest BCUT2D eigenvalue weighted by Crippen LogP contribution is 2.17. The molecule has 148 valence electrons. The van der Waals surface area contributed by atoms with Gasteiger partial charge in [0.1, 0.15) is 18.3 Å². The summed E-state index contributed by atoms with van der Waals surface area (Å²) >= 11 is 0. The van der Waals surface area contributed by atoms with Gasteiger partial charge in [-0.2, -0.15) is 5.10 Å². The molecule has 0 spiro atoms. The van der Waals surface area contributed by atoms with Crippen LogP contribution in [0.3, 0.4) is 0 Å². The van der Waals surface area contributed by atoms with Crippen molar-refractivity contribution in [2.24, 2.45) is 5.10 Å². The number of nitrogens with one attached hydrogen (secondary N) is 1. The van der Waals surface area contributed by atoms with Crippen LogP contribution in [-0.2, 0) is 16.0 Å². The molecule has 0 aliphatic carbocycles. The van der Waals surface area contributed by atoms with Gasteiger partial charge < -0.3 is 25.1 Å². The fraction of sp³-hybridized carbons (Fsp3) is 0.368. The second-order valence-corrected chi connectivity index (χ2v) is 7.03. The number of quaternary nitrogens is 1. The molecule has 28 heavy (non-hydrogen) atoms. The summed E-state index contributed by atoms with van der Waals surface area (Å²) in [5.74, 6) is -1.35. The minimum Gasteiger partial charge on any atom is -0.544 e. The maximum absolute atomic E-state index is 11.8. The van der Waals surface area contributed by atoms with Crippen LogP contribution >= 0.6 is 0 Å². The molecule has 1 aromatic heterocycles. The van der Waals surface area contributed by atoms with Crippen LogP contribution in [0.15, 0.2) is 41.9 Å². The third-order valence-electron chi connectivity index (χ3n) is 4.75. The maximum Gasteiger partial charge on any atom is 0.239 e. The molecule has 3 N–H and O–H groups in total. The number of nitrogens with two attached hydrogens (primary N) is 1. The summed E-state index contributed by atoms with van der Waals surface area (Å²) in [7, 11) is 3.91. The van der Waals surface area contributed by atoms with Crippen LogP contribution in [0.5, 0.6) is 0 Å². The largest absolute Gasteiger partial charge is 0.544 e. The standard InChI is InChI=1S/C19H24N6O3/c1-12(26)25-10-17(22-16(19(27)28)8-14-9-20-11-21-14)18(23-25)13-4-6-15(7-5-13)24(2)3/h4-7,9,11,16-17,22H,8,10H2,1-3H3,(H,20,21)(H,27,28)/t16-,17+/m1/s1. The second-order valence-electron chi connectivity index (χ2n) is 7.03. The average molecular weight is 384 g/mol. The Hall–Kier alpha value is -3.20. The SMILES string of the molecule is CC(=O)N1C[C@H]([NH2+][C@H](Cc2cnc[nH]2)C(=O)[O-])C(c2ccc(N(C)C)cc2)=N1. The Balaban J connectivity index is 1.83. The van der Waals surface area contributed by atoms with Crippen LogP contribution in [0, 0.1) is 0 Å². The highest BCUT2D eigenvalue weighted by atomic mass is 16.4. The molecule has 0 unspecified atom stereocenters. The lowest BCUT2D eigenvalue weighted by Gasteiger charge is -2.21. The molecule has 0 saturated heterocycles. The van der Waals surface area contributed by atoms with Crippen molar-refractivity contribution in [2.75, 3.05) is 25.5 Å². The topological polar surface area (TPSA) is 121 Å². The Morgan fingerprint density at radius 3 is 2.61 bits per heavy atom. The molecule has 2 heterocycles. The van der Waals surface area contributed by atoms with Crippen LogP contribution < -0.4 is 15.3 Å². The van der Waals surface area contributed by atoms with E-state index in [9.17, 15) is 14.7 Å². The number of aromatic nitrogens is 2. The smallest absolute Gasteiger partial charge is 0.239 e. The van der Waals surface area contributed by atoms with Gasteiger partial charge in [-0.3, -0.25) is 4.79 Å². The van der Waals surface area contributed by atoms with Crippen molar-refractivity contribution in [2.45, 2.75) is 25.4 Å². The zero-order valence-corrected chi connectivity index (χ0v) is 16.1. The Bertz CT molecular complexity index is 860. The van der Waals surface area contributed by atoms with Crippen molar-refractivity contribution in [3.63, 3.8) is 0 Å². The van der Waals surface area contributed by atoms with Crippen LogP contribution in [0.4, 0.5) is 5.69 Å². The molecular formula is C19H24N6O3. The van der Waals surface area contributed by atoms with Gasteiger partial charge in [-0.1, -0.05) is 12.1 Å². The molecule has 2 aromatic rings. The van der Waals surface area contributed by atoms with Gasteiger partial charge in [0.05, 0.1) is 12.3 Å². The number of aliphatic carboxylic acids is 1. The van der Waals surface area contributed by atoms with E-state index < -0.39 is 12.0 Å². The first-order valence-corrected chi connectivity index (χ1v) is 9.02. The van der Waals surface area contributed by atoms with Gasteiger partial charge in [-0.05, 0) is 12.1 Å². The minimum atomic E-state index is -1.17. The third kappa shape index (κ3) is 4.37. The van der Waals surface area contributed by atoms with E-state index in [2.05, 4.69) is 15.1 Å². The highest BCUT2D eigenvalue weighted by molar-refractivity contribution is 6.05. The molecule has 1 aliphatic heterocycles. The van der Waals surface area contributed by atoms with E-state index in [1.165, 1.54) is 18.3 Å². The van der Waals surface area contributed by atoms with E-state index in [0.717, 1.165) is 11.3 Å². The van der Waals surface area contributed by atoms with E-state index >= 15 is 0 Å². The number of anilines is 1. The molecule has 1 amide bonds. The van der Waals surface area contributed by atoms with Crippen molar-refractivity contribution >= 4 is 23.3 Å². The average Bonchev–Trinajstić information content (AvgIpc) is 3.31. The van der Waals surface area contributed by atoms with Gasteiger partial charge in [0.2, 0.25) is 5.91 Å². The number of carboxylic acid groups (broad SMARTS) is 1. The Morgan fingerprint density at radius 1 is 1.36 bits per heavy atom. The lowest BCUT2D eigenvalue weighted by Crippen LogP contribution is -3.00. The number of aromatic amines is 1. The summed E-state index contributed by atoms with van der Waals surface area (Å²) in [5.41, 5.74) is 3.28. The number of carbonyl (C=O) groups is 2. The monoisotopic (exact) mass is 384 g/mol. The molecule has 0 fully saturated rings. The van der Waals surface area contributed by atoms with Gasteiger partial charge in [-0.15, -0.1) is 0 Å². The predicted molar refractivity (Wildman–Crippen MR) is 101 cm³/mol. The third-order valence-corrected chi connectivity index (χ3v) is 4.75. The van der Waals surface area contributed by atoms with Crippen LogP contribution in [-0.4, -0.2) is 65.3 Å². The van der Waals surface area contributed by atoms with Crippen molar-refractivity contribution < 1.29 is 20.0 Å². The molecule has 3 rings (SSSR count). The molecule has 0 bridgehead atoms. The number of nitrogens with zero attached hydrogens (tertiary/aromatic N) is 4. The Morgan fingerprint density at radius 2 is 2.07 bits per heavy atom. The Labute approximate surface area is 163 Å². The fourth-order valence-electron chi connectivity index (χ4n) is 3.21. The van der Waals surface area contributed by atoms with E-state index in [0.29, 0.717) is 18.0 Å². The van der Waals surface area contributed by atoms with E-state index in [1.807, 2.05) is 43.3 Å². The maximum atomic E-state index is 11.8. The number of imidazole rings is 1. The van der Waals surface area contributed by atoms with Crippen LogP contribution in [0.1, 0.15) is 18.2 Å². The van der Waals surface area contributed by atoms with Gasteiger partial charge >= 0.3 is 0 Å².